The Balaban J connectivity index is 2.45. The van der Waals surface area contributed by atoms with Crippen LogP contribution < -0.4 is 5.32 Å². The first-order valence-electron chi connectivity index (χ1n) is 5.14. The zero-order valence-electron chi connectivity index (χ0n) is 8.89. The summed E-state index contributed by atoms with van der Waals surface area (Å²) in [4.78, 5) is 13.4. The molecule has 1 atom stereocenters. The number of likely N-dealkylation sites (tertiary alicyclic amines) is 1. The van der Waals surface area contributed by atoms with Gasteiger partial charge in [-0.05, 0) is 25.2 Å². The lowest BCUT2D eigenvalue weighted by molar-refractivity contribution is 0.201. The van der Waals surface area contributed by atoms with E-state index >= 15 is 0 Å². The minimum atomic E-state index is 0.0969. The van der Waals surface area contributed by atoms with Gasteiger partial charge in [-0.1, -0.05) is 13.8 Å². The molecule has 0 saturated carbocycles. The van der Waals surface area contributed by atoms with Crippen LogP contribution in [0.5, 0.6) is 0 Å². The molecule has 0 aliphatic carbocycles. The third kappa shape index (κ3) is 2.36. The number of amides is 2. The van der Waals surface area contributed by atoms with Crippen molar-refractivity contribution in [3.63, 3.8) is 0 Å². The van der Waals surface area contributed by atoms with Gasteiger partial charge in [0.25, 0.3) is 0 Å². The van der Waals surface area contributed by atoms with Gasteiger partial charge in [0, 0.05) is 19.6 Å². The molecule has 0 aromatic carbocycles. The molecule has 1 aliphatic rings. The van der Waals surface area contributed by atoms with Gasteiger partial charge in [0.05, 0.1) is 0 Å². The molecule has 0 radical (unpaired) electrons. The van der Waals surface area contributed by atoms with E-state index in [2.05, 4.69) is 19.2 Å². The number of nitrogens with one attached hydrogen (secondary N) is 1. The molecule has 1 aliphatic heterocycles. The lowest BCUT2D eigenvalue weighted by Crippen LogP contribution is -2.39. The van der Waals surface area contributed by atoms with Crippen molar-refractivity contribution in [3.05, 3.63) is 0 Å². The normalized spacial score (nSPS) is 27.8. The highest BCUT2D eigenvalue weighted by Gasteiger charge is 2.34. The van der Waals surface area contributed by atoms with Crippen LogP contribution in [0.3, 0.4) is 0 Å². The molecule has 13 heavy (non-hydrogen) atoms. The molecular weight excluding hydrogens is 164 g/mol. The Morgan fingerprint density at radius 2 is 2.23 bits per heavy atom. The van der Waals surface area contributed by atoms with Crippen molar-refractivity contribution < 1.29 is 4.79 Å². The smallest absolute Gasteiger partial charge is 0.317 e. The fourth-order valence-corrected chi connectivity index (χ4v) is 1.75. The van der Waals surface area contributed by atoms with Gasteiger partial charge in [-0.15, -0.1) is 0 Å². The van der Waals surface area contributed by atoms with Crippen LogP contribution in [-0.2, 0) is 0 Å². The lowest BCUT2D eigenvalue weighted by atomic mass is 9.87. The van der Waals surface area contributed by atoms with Gasteiger partial charge < -0.3 is 10.2 Å². The van der Waals surface area contributed by atoms with Gasteiger partial charge in [-0.25, -0.2) is 4.79 Å². The highest BCUT2D eigenvalue weighted by molar-refractivity contribution is 5.74. The van der Waals surface area contributed by atoms with E-state index in [9.17, 15) is 4.79 Å². The molecule has 1 rings (SSSR count). The molecular formula is C10H20N2O. The van der Waals surface area contributed by atoms with E-state index in [4.69, 9.17) is 0 Å². The third-order valence-corrected chi connectivity index (χ3v) is 3.03. The highest BCUT2D eigenvalue weighted by atomic mass is 16.2. The maximum atomic E-state index is 11.5. The van der Waals surface area contributed by atoms with Crippen LogP contribution in [0.25, 0.3) is 0 Å². The van der Waals surface area contributed by atoms with Gasteiger partial charge in [0.15, 0.2) is 0 Å². The second-order valence-electron chi connectivity index (χ2n) is 4.17. The van der Waals surface area contributed by atoms with E-state index in [0.29, 0.717) is 5.41 Å². The summed E-state index contributed by atoms with van der Waals surface area (Å²) < 4.78 is 0. The average molecular weight is 184 g/mol. The monoisotopic (exact) mass is 184 g/mol. The molecule has 1 saturated heterocycles. The van der Waals surface area contributed by atoms with Crippen molar-refractivity contribution in [1.82, 2.24) is 10.2 Å². The number of hydrogen-bond acceptors (Lipinski definition) is 1. The summed E-state index contributed by atoms with van der Waals surface area (Å²) in [5, 5.41) is 2.84. The SMILES string of the molecule is CCNC(=O)N1CC[C@@](C)(CC)C1. The van der Waals surface area contributed by atoms with Crippen molar-refractivity contribution in [1.29, 1.82) is 0 Å². The number of nitrogens with zero attached hydrogens (tertiary/aromatic N) is 1. The second kappa shape index (κ2) is 3.99. The van der Waals surface area contributed by atoms with Crippen molar-refractivity contribution in [2.75, 3.05) is 19.6 Å². The molecule has 3 heteroatoms. The quantitative estimate of drug-likeness (QED) is 0.697. The topological polar surface area (TPSA) is 32.3 Å². The molecule has 0 unspecified atom stereocenters. The van der Waals surface area contributed by atoms with Crippen molar-refractivity contribution >= 4 is 6.03 Å². The predicted octanol–water partition coefficient (Wildman–Crippen LogP) is 1.84. The maximum absolute atomic E-state index is 11.5. The van der Waals surface area contributed by atoms with Crippen LogP contribution in [0.4, 0.5) is 4.79 Å². The number of carbonyl (C=O) groups is 1. The first-order valence-corrected chi connectivity index (χ1v) is 5.14. The average Bonchev–Trinajstić information content (AvgIpc) is 2.50. The van der Waals surface area contributed by atoms with E-state index in [0.717, 1.165) is 32.5 Å². The van der Waals surface area contributed by atoms with Crippen LogP contribution in [0.15, 0.2) is 0 Å². The summed E-state index contributed by atoms with van der Waals surface area (Å²) in [5.74, 6) is 0. The van der Waals surface area contributed by atoms with Gasteiger partial charge in [-0.2, -0.15) is 0 Å². The first-order chi connectivity index (χ1) is 6.11. The Kier molecular flexibility index (Phi) is 3.17. The fraction of sp³-hybridized carbons (Fsp3) is 0.900. The Hall–Kier alpha value is -0.730. The van der Waals surface area contributed by atoms with E-state index < -0.39 is 0 Å². The summed E-state index contributed by atoms with van der Waals surface area (Å²) in [6, 6.07) is 0.0969. The van der Waals surface area contributed by atoms with E-state index in [-0.39, 0.29) is 6.03 Å². The number of hydrogen-bond donors (Lipinski definition) is 1. The minimum Gasteiger partial charge on any atom is -0.338 e. The highest BCUT2D eigenvalue weighted by Crippen LogP contribution is 2.32. The number of rotatable bonds is 2. The van der Waals surface area contributed by atoms with Crippen molar-refractivity contribution in [2.45, 2.75) is 33.6 Å². The zero-order chi connectivity index (χ0) is 9.90. The summed E-state index contributed by atoms with van der Waals surface area (Å²) in [5.41, 5.74) is 0.352. The van der Waals surface area contributed by atoms with E-state index in [1.807, 2.05) is 11.8 Å². The molecule has 1 heterocycles. The van der Waals surface area contributed by atoms with Crippen LogP contribution in [0.2, 0.25) is 0 Å². The van der Waals surface area contributed by atoms with E-state index in [1.165, 1.54) is 0 Å². The molecule has 0 aromatic heterocycles. The second-order valence-corrected chi connectivity index (χ2v) is 4.17. The summed E-state index contributed by atoms with van der Waals surface area (Å²) in [6.45, 7) is 8.95. The Bertz CT molecular complexity index is 193. The number of carbonyl (C=O) groups excluding carboxylic acids is 1. The van der Waals surface area contributed by atoms with Crippen LogP contribution in [0, 0.1) is 5.41 Å². The molecule has 1 fully saturated rings. The predicted molar refractivity (Wildman–Crippen MR) is 53.7 cm³/mol. The van der Waals surface area contributed by atoms with Crippen LogP contribution in [-0.4, -0.2) is 30.6 Å². The maximum Gasteiger partial charge on any atom is 0.317 e. The Labute approximate surface area is 80.5 Å². The Morgan fingerprint density at radius 3 is 2.69 bits per heavy atom. The standard InChI is InChI=1S/C10H20N2O/c1-4-10(3)6-7-12(8-10)9(13)11-5-2/h4-8H2,1-3H3,(H,11,13)/t10-/m1/s1. The molecule has 3 nitrogen and oxygen atoms in total. The van der Waals surface area contributed by atoms with Crippen LogP contribution in [0.1, 0.15) is 33.6 Å². The lowest BCUT2D eigenvalue weighted by Gasteiger charge is -2.22. The minimum absolute atomic E-state index is 0.0969. The molecule has 2 amide bonds. The molecule has 0 bridgehead atoms. The number of urea groups is 1. The largest absolute Gasteiger partial charge is 0.338 e. The van der Waals surface area contributed by atoms with Gasteiger partial charge in [0.2, 0.25) is 0 Å². The van der Waals surface area contributed by atoms with Gasteiger partial charge in [0.1, 0.15) is 0 Å². The van der Waals surface area contributed by atoms with Gasteiger partial charge >= 0.3 is 6.03 Å². The van der Waals surface area contributed by atoms with E-state index in [1.54, 1.807) is 0 Å². The van der Waals surface area contributed by atoms with Crippen molar-refractivity contribution in [2.24, 2.45) is 5.41 Å². The third-order valence-electron chi connectivity index (χ3n) is 3.03. The summed E-state index contributed by atoms with van der Waals surface area (Å²) in [7, 11) is 0. The molecule has 0 aromatic rings. The Morgan fingerprint density at radius 1 is 1.54 bits per heavy atom. The fourth-order valence-electron chi connectivity index (χ4n) is 1.75. The van der Waals surface area contributed by atoms with Gasteiger partial charge in [-0.3, -0.25) is 0 Å². The summed E-state index contributed by atoms with van der Waals surface area (Å²) >= 11 is 0. The molecule has 0 spiro atoms. The van der Waals surface area contributed by atoms with Crippen LogP contribution >= 0.6 is 0 Å². The van der Waals surface area contributed by atoms with Crippen molar-refractivity contribution in [3.8, 4) is 0 Å². The zero-order valence-corrected chi connectivity index (χ0v) is 8.89. The first kappa shape index (κ1) is 10.4. The molecule has 1 N–H and O–H groups in total. The molecule has 76 valence electrons. The summed E-state index contributed by atoms with van der Waals surface area (Å²) in [6.07, 6.45) is 2.30.